The summed E-state index contributed by atoms with van der Waals surface area (Å²) in [6.07, 6.45) is 6.68. The van der Waals surface area contributed by atoms with Crippen LogP contribution in [0.1, 0.15) is 68.8 Å². The van der Waals surface area contributed by atoms with Crippen LogP contribution >= 0.6 is 0 Å². The molecule has 1 amide bonds. The molecule has 0 spiro atoms. The van der Waals surface area contributed by atoms with Crippen LogP contribution in [0.3, 0.4) is 0 Å². The van der Waals surface area contributed by atoms with E-state index in [0.717, 1.165) is 23.6 Å². The van der Waals surface area contributed by atoms with E-state index in [4.69, 9.17) is 4.74 Å². The zero-order valence-electron chi connectivity index (χ0n) is 19.0. The number of hydrogen-bond acceptors (Lipinski definition) is 3. The maximum atomic E-state index is 12.8. The summed E-state index contributed by atoms with van der Waals surface area (Å²) in [5.41, 5.74) is 2.28. The van der Waals surface area contributed by atoms with Crippen LogP contribution in [-0.4, -0.2) is 55.7 Å². The molecule has 1 heterocycles. The lowest BCUT2D eigenvalue weighted by Gasteiger charge is -2.35. The van der Waals surface area contributed by atoms with E-state index in [2.05, 4.69) is 22.5 Å². The highest BCUT2D eigenvalue weighted by atomic mass is 16.5. The maximum Gasteiger partial charge on any atom is 0.254 e. The summed E-state index contributed by atoms with van der Waals surface area (Å²) in [6, 6.07) is 7.88. The average molecular weight is 415 g/mol. The van der Waals surface area contributed by atoms with Crippen molar-refractivity contribution in [2.75, 3.05) is 26.7 Å². The monoisotopic (exact) mass is 414 g/mol. The maximum absolute atomic E-state index is 12.8. The van der Waals surface area contributed by atoms with Crippen molar-refractivity contribution >= 4 is 11.9 Å². The molecule has 0 bridgehead atoms. The van der Waals surface area contributed by atoms with Gasteiger partial charge in [0.05, 0.1) is 12.2 Å². The Labute approximate surface area is 181 Å². The number of aliphatic imine (C=N–C) groups is 1. The van der Waals surface area contributed by atoms with Gasteiger partial charge in [0.25, 0.3) is 5.91 Å². The molecule has 6 heteroatoms. The summed E-state index contributed by atoms with van der Waals surface area (Å²) in [5, 5.41) is 6.92. The van der Waals surface area contributed by atoms with Crippen molar-refractivity contribution in [3.8, 4) is 0 Å². The number of hydrogen-bond donors (Lipinski definition) is 2. The Hall–Kier alpha value is -2.08. The summed E-state index contributed by atoms with van der Waals surface area (Å²) in [5.74, 6) is 0.918. The standard InChI is InChI=1S/C24H38N4O2/c1-5-24(12-6-7-13-24)17-27-23(25-4)26-14-20-8-10-21(11-9-20)22(29)28-15-18(2)30-19(3)16-28/h8-11,18-19H,5-7,12-17H2,1-4H3,(H2,25,26,27). The SMILES string of the molecule is CCC1(CNC(=NC)NCc2ccc(C(=O)N3CC(C)OC(C)C3)cc2)CCCC1. The second kappa shape index (κ2) is 10.3. The summed E-state index contributed by atoms with van der Waals surface area (Å²) in [7, 11) is 1.81. The first-order valence-corrected chi connectivity index (χ1v) is 11.4. The minimum atomic E-state index is 0.0791. The van der Waals surface area contributed by atoms with E-state index in [1.165, 1.54) is 32.1 Å². The van der Waals surface area contributed by atoms with Crippen molar-refractivity contribution in [1.29, 1.82) is 0 Å². The fraction of sp³-hybridized carbons (Fsp3) is 0.667. The smallest absolute Gasteiger partial charge is 0.254 e. The van der Waals surface area contributed by atoms with E-state index < -0.39 is 0 Å². The van der Waals surface area contributed by atoms with Gasteiger partial charge in [0, 0.05) is 38.8 Å². The topological polar surface area (TPSA) is 66.0 Å². The first-order chi connectivity index (χ1) is 14.4. The van der Waals surface area contributed by atoms with Crippen molar-refractivity contribution in [3.05, 3.63) is 35.4 Å². The van der Waals surface area contributed by atoms with Gasteiger partial charge in [-0.1, -0.05) is 31.9 Å². The van der Waals surface area contributed by atoms with Crippen molar-refractivity contribution in [2.45, 2.75) is 71.6 Å². The number of rotatable bonds is 6. The van der Waals surface area contributed by atoms with Crippen LogP contribution in [0.15, 0.2) is 29.3 Å². The van der Waals surface area contributed by atoms with Gasteiger partial charge in [-0.2, -0.15) is 0 Å². The number of ether oxygens (including phenoxy) is 1. The van der Waals surface area contributed by atoms with Crippen molar-refractivity contribution in [3.63, 3.8) is 0 Å². The van der Waals surface area contributed by atoms with E-state index >= 15 is 0 Å². The molecule has 166 valence electrons. The molecule has 2 atom stereocenters. The number of nitrogens with zero attached hydrogens (tertiary/aromatic N) is 2. The van der Waals surface area contributed by atoms with Gasteiger partial charge < -0.3 is 20.3 Å². The van der Waals surface area contributed by atoms with E-state index in [9.17, 15) is 4.79 Å². The van der Waals surface area contributed by atoms with Crippen LogP contribution in [0.25, 0.3) is 0 Å². The summed E-state index contributed by atoms with van der Waals surface area (Å²) < 4.78 is 5.73. The van der Waals surface area contributed by atoms with Crippen molar-refractivity contribution in [1.82, 2.24) is 15.5 Å². The second-order valence-corrected chi connectivity index (χ2v) is 9.00. The predicted octanol–water partition coefficient (Wildman–Crippen LogP) is 3.57. The van der Waals surface area contributed by atoms with Gasteiger partial charge >= 0.3 is 0 Å². The Morgan fingerprint density at radius 1 is 1.13 bits per heavy atom. The zero-order chi connectivity index (χ0) is 21.6. The molecule has 0 aromatic heterocycles. The molecule has 2 unspecified atom stereocenters. The fourth-order valence-corrected chi connectivity index (χ4v) is 4.75. The third-order valence-corrected chi connectivity index (χ3v) is 6.64. The van der Waals surface area contributed by atoms with Gasteiger partial charge in [-0.15, -0.1) is 0 Å². The molecule has 0 radical (unpaired) electrons. The quantitative estimate of drug-likeness (QED) is 0.552. The largest absolute Gasteiger partial charge is 0.372 e. The van der Waals surface area contributed by atoms with Crippen LogP contribution in [0.4, 0.5) is 0 Å². The molecule has 1 aliphatic carbocycles. The molecule has 2 N–H and O–H groups in total. The number of carbonyl (C=O) groups excluding carboxylic acids is 1. The summed E-state index contributed by atoms with van der Waals surface area (Å²) in [4.78, 5) is 19.1. The number of benzene rings is 1. The van der Waals surface area contributed by atoms with Gasteiger partial charge in [0.15, 0.2) is 5.96 Å². The van der Waals surface area contributed by atoms with E-state index in [0.29, 0.717) is 25.0 Å². The number of amides is 1. The molecule has 1 saturated heterocycles. The lowest BCUT2D eigenvalue weighted by Crippen LogP contribution is -2.48. The molecular weight excluding hydrogens is 376 g/mol. The molecule has 30 heavy (non-hydrogen) atoms. The Bertz CT molecular complexity index is 715. The first kappa shape index (κ1) is 22.6. The van der Waals surface area contributed by atoms with Crippen LogP contribution < -0.4 is 10.6 Å². The van der Waals surface area contributed by atoms with Crippen LogP contribution in [0.2, 0.25) is 0 Å². The van der Waals surface area contributed by atoms with E-state index in [-0.39, 0.29) is 18.1 Å². The van der Waals surface area contributed by atoms with Crippen LogP contribution in [-0.2, 0) is 11.3 Å². The number of nitrogens with one attached hydrogen (secondary N) is 2. The van der Waals surface area contributed by atoms with Crippen LogP contribution in [0.5, 0.6) is 0 Å². The van der Waals surface area contributed by atoms with Crippen LogP contribution in [0, 0.1) is 5.41 Å². The lowest BCUT2D eigenvalue weighted by atomic mass is 9.83. The molecule has 1 aromatic rings. The molecule has 2 aliphatic rings. The van der Waals surface area contributed by atoms with Crippen molar-refractivity contribution in [2.24, 2.45) is 10.4 Å². The zero-order valence-corrected chi connectivity index (χ0v) is 19.0. The summed E-state index contributed by atoms with van der Waals surface area (Å²) in [6.45, 7) is 9.28. The molecule has 1 aliphatic heterocycles. The molecule has 6 nitrogen and oxygen atoms in total. The van der Waals surface area contributed by atoms with E-state index in [1.807, 2.05) is 50.1 Å². The van der Waals surface area contributed by atoms with Gasteiger partial charge in [-0.3, -0.25) is 9.79 Å². The molecular formula is C24H38N4O2. The van der Waals surface area contributed by atoms with E-state index in [1.54, 1.807) is 0 Å². The Morgan fingerprint density at radius 2 is 1.77 bits per heavy atom. The second-order valence-electron chi connectivity index (χ2n) is 9.00. The fourth-order valence-electron chi connectivity index (χ4n) is 4.75. The number of guanidine groups is 1. The highest BCUT2D eigenvalue weighted by molar-refractivity contribution is 5.94. The predicted molar refractivity (Wildman–Crippen MR) is 122 cm³/mol. The van der Waals surface area contributed by atoms with Crippen molar-refractivity contribution < 1.29 is 9.53 Å². The Balaban J connectivity index is 1.50. The first-order valence-electron chi connectivity index (χ1n) is 11.4. The highest BCUT2D eigenvalue weighted by Gasteiger charge is 2.32. The normalized spacial score (nSPS) is 24.0. The molecule has 1 saturated carbocycles. The Morgan fingerprint density at radius 3 is 2.33 bits per heavy atom. The van der Waals surface area contributed by atoms with Gasteiger partial charge in [0.1, 0.15) is 0 Å². The Kier molecular flexibility index (Phi) is 7.75. The van der Waals surface area contributed by atoms with Gasteiger partial charge in [-0.05, 0) is 56.2 Å². The molecule has 2 fully saturated rings. The molecule has 3 rings (SSSR count). The third kappa shape index (κ3) is 5.75. The minimum absolute atomic E-state index is 0.0791. The summed E-state index contributed by atoms with van der Waals surface area (Å²) >= 11 is 0. The minimum Gasteiger partial charge on any atom is -0.372 e. The molecule has 1 aromatic carbocycles. The van der Waals surface area contributed by atoms with Gasteiger partial charge in [0.2, 0.25) is 0 Å². The number of carbonyl (C=O) groups is 1. The number of morpholine rings is 1. The lowest BCUT2D eigenvalue weighted by molar-refractivity contribution is -0.0586. The van der Waals surface area contributed by atoms with Gasteiger partial charge in [-0.25, -0.2) is 0 Å². The third-order valence-electron chi connectivity index (χ3n) is 6.64. The highest BCUT2D eigenvalue weighted by Crippen LogP contribution is 2.40. The average Bonchev–Trinajstić information content (AvgIpc) is 3.22.